The number of pyridine rings is 2. The van der Waals surface area contributed by atoms with Gasteiger partial charge in [-0.15, -0.1) is 0 Å². The fraction of sp³-hybridized carbons (Fsp3) is 0.333. The van der Waals surface area contributed by atoms with E-state index in [1.54, 1.807) is 20.3 Å². The zero-order chi connectivity index (χ0) is 35.8. The van der Waals surface area contributed by atoms with E-state index >= 15 is 0 Å². The number of ether oxygens (including phenoxy) is 2. The van der Waals surface area contributed by atoms with E-state index in [0.717, 1.165) is 61.8 Å². The Hall–Kier alpha value is -4.09. The smallest absolute Gasteiger partial charge is 0.132 e. The van der Waals surface area contributed by atoms with Gasteiger partial charge in [0.2, 0.25) is 0 Å². The van der Waals surface area contributed by atoms with Gasteiger partial charge in [0.1, 0.15) is 43.9 Å². The van der Waals surface area contributed by atoms with Crippen LogP contribution in [0, 0.1) is 13.8 Å². The Morgan fingerprint density at radius 3 is 1.61 bits per heavy atom. The number of aryl methyl sites for hydroxylation is 2. The molecule has 0 atom stereocenters. The lowest BCUT2D eigenvalue weighted by Gasteiger charge is -2.13. The first kappa shape index (κ1) is 37.7. The van der Waals surface area contributed by atoms with Gasteiger partial charge in [-0.1, -0.05) is 59.1 Å². The van der Waals surface area contributed by atoms with Gasteiger partial charge in [0, 0.05) is 31.2 Å². The normalized spacial score (nSPS) is 11.0. The molecule has 0 aliphatic heterocycles. The minimum absolute atomic E-state index is 0.241. The predicted octanol–water partition coefficient (Wildman–Crippen LogP) is 9.38. The van der Waals surface area contributed by atoms with Crippen LogP contribution in [0.1, 0.15) is 62.3 Å². The van der Waals surface area contributed by atoms with Gasteiger partial charge in [-0.05, 0) is 83.0 Å². The lowest BCUT2D eigenvalue weighted by Crippen LogP contribution is -2.06. The third kappa shape index (κ3) is 9.33. The van der Waals surface area contributed by atoms with Crippen molar-refractivity contribution in [2.24, 2.45) is 5.73 Å². The van der Waals surface area contributed by atoms with Crippen molar-refractivity contribution in [1.29, 1.82) is 0 Å². The second-order valence-corrected chi connectivity index (χ2v) is 13.0. The van der Waals surface area contributed by atoms with Gasteiger partial charge in [0.05, 0.1) is 36.3 Å². The van der Waals surface area contributed by atoms with Crippen LogP contribution in [0.5, 0.6) is 11.5 Å². The van der Waals surface area contributed by atoms with E-state index in [-0.39, 0.29) is 12.1 Å². The molecule has 3 N–H and O–H groups in total. The molecule has 10 nitrogen and oxygen atoms in total. The Morgan fingerprint density at radius 2 is 1.14 bits per heavy atom. The molecule has 260 valence electrons. The number of hydrogen-bond donors (Lipinski definition) is 2. The number of aromatic nitrogens is 6. The zero-order valence-electron chi connectivity index (χ0n) is 29.1. The summed E-state index contributed by atoms with van der Waals surface area (Å²) in [6.45, 7) is 13.4. The third-order valence-corrected chi connectivity index (χ3v) is 8.23. The van der Waals surface area contributed by atoms with E-state index in [1.165, 1.54) is 0 Å². The topological polar surface area (TPSA) is 118 Å². The Labute approximate surface area is 302 Å². The third-order valence-electron chi connectivity index (χ3n) is 7.55. The Balaban J connectivity index is 0.000000184. The van der Waals surface area contributed by atoms with Gasteiger partial charge in [0.25, 0.3) is 0 Å². The molecule has 6 aromatic rings. The van der Waals surface area contributed by atoms with Gasteiger partial charge >= 0.3 is 0 Å². The maximum absolute atomic E-state index is 6.20. The first-order valence-corrected chi connectivity index (χ1v) is 17.0. The van der Waals surface area contributed by atoms with Crippen LogP contribution in [0.2, 0.25) is 15.3 Å². The van der Waals surface area contributed by atoms with Crippen molar-refractivity contribution < 1.29 is 9.47 Å². The van der Waals surface area contributed by atoms with Crippen LogP contribution in [-0.2, 0) is 13.1 Å². The first-order valence-electron chi connectivity index (χ1n) is 15.8. The monoisotopic (exact) mass is 724 g/mol. The van der Waals surface area contributed by atoms with Gasteiger partial charge in [-0.2, -0.15) is 10.2 Å². The van der Waals surface area contributed by atoms with Crippen molar-refractivity contribution in [2.75, 3.05) is 19.5 Å². The fourth-order valence-corrected chi connectivity index (χ4v) is 5.76. The number of fused-ring (bicyclic) bond motifs is 2. The predicted molar refractivity (Wildman–Crippen MR) is 202 cm³/mol. The molecule has 0 saturated heterocycles. The van der Waals surface area contributed by atoms with E-state index in [9.17, 15) is 0 Å². The molecule has 0 unspecified atom stereocenters. The van der Waals surface area contributed by atoms with Gasteiger partial charge in [0.15, 0.2) is 0 Å². The molecule has 0 aliphatic rings. The van der Waals surface area contributed by atoms with Crippen LogP contribution in [-0.4, -0.2) is 43.7 Å². The average Bonchev–Trinajstić information content (AvgIpc) is 3.61. The lowest BCUT2D eigenvalue weighted by atomic mass is 10.2. The van der Waals surface area contributed by atoms with E-state index < -0.39 is 0 Å². The van der Waals surface area contributed by atoms with E-state index in [4.69, 9.17) is 50.0 Å². The molecule has 0 bridgehead atoms. The van der Waals surface area contributed by atoms with Gasteiger partial charge < -0.3 is 20.5 Å². The van der Waals surface area contributed by atoms with Crippen molar-refractivity contribution in [2.45, 2.75) is 66.7 Å². The van der Waals surface area contributed by atoms with Crippen molar-refractivity contribution in [3.63, 3.8) is 0 Å². The second kappa shape index (κ2) is 17.0. The van der Waals surface area contributed by atoms with Crippen LogP contribution >= 0.6 is 34.8 Å². The number of anilines is 1. The number of hydrogen-bond acceptors (Lipinski definition) is 8. The highest BCUT2D eigenvalue weighted by molar-refractivity contribution is 6.37. The molecule has 4 heterocycles. The average molecular weight is 726 g/mol. The van der Waals surface area contributed by atoms with Crippen LogP contribution in [0.25, 0.3) is 22.1 Å². The minimum Gasteiger partial charge on any atom is -0.497 e. The molecular weight excluding hydrogens is 683 g/mol. The molecule has 6 rings (SSSR count). The van der Waals surface area contributed by atoms with Crippen molar-refractivity contribution in [3.8, 4) is 11.5 Å². The molecule has 0 amide bonds. The fourth-order valence-electron chi connectivity index (χ4n) is 5.04. The highest BCUT2D eigenvalue weighted by Crippen LogP contribution is 2.31. The van der Waals surface area contributed by atoms with Crippen LogP contribution < -0.4 is 20.5 Å². The summed E-state index contributed by atoms with van der Waals surface area (Å²) in [5.41, 5.74) is 13.8. The number of nitrogens with zero attached hydrogens (tertiary/aromatic N) is 6. The largest absolute Gasteiger partial charge is 0.497 e. The summed E-state index contributed by atoms with van der Waals surface area (Å²) in [6.07, 6.45) is 0. The molecular formula is C36H43Cl3N8O2. The molecule has 0 fully saturated rings. The van der Waals surface area contributed by atoms with Gasteiger partial charge in [-0.3, -0.25) is 9.36 Å². The molecule has 4 aromatic heterocycles. The van der Waals surface area contributed by atoms with E-state index in [2.05, 4.69) is 53.2 Å². The van der Waals surface area contributed by atoms with Gasteiger partial charge in [-0.25, -0.2) is 9.97 Å². The number of nitrogens with two attached hydrogens (primary N) is 1. The maximum atomic E-state index is 6.20. The first-order chi connectivity index (χ1) is 23.4. The number of methoxy groups -OCH3 is 2. The number of halogens is 3. The molecule has 0 spiro atoms. The quantitative estimate of drug-likeness (QED) is 0.149. The standard InChI is InChI=1S/C18H21ClN4O.C10H11Cl2N3.C8H11NO/c1-11(2)23-18-15(9-16(19)21-17(18)12(3)22-23)20-10-13-5-7-14(24-4)8-6-13;1-5(2)15-10-7(11)4-8(12)13-9(10)6(3)14-15;1-10-8-4-2-7(6-9)3-5-8/h5-9,11H,10H2,1-4H3,(H,20,21);4-5H,1-3H3;2-5H,6,9H2,1H3. The van der Waals surface area contributed by atoms with Crippen LogP contribution in [0.15, 0.2) is 60.7 Å². The lowest BCUT2D eigenvalue weighted by molar-refractivity contribution is 0.414. The molecule has 2 aromatic carbocycles. The molecule has 49 heavy (non-hydrogen) atoms. The minimum atomic E-state index is 0.241. The summed E-state index contributed by atoms with van der Waals surface area (Å²) in [4.78, 5) is 8.68. The highest BCUT2D eigenvalue weighted by atomic mass is 35.5. The molecule has 13 heteroatoms. The molecule has 0 saturated carbocycles. The van der Waals surface area contributed by atoms with Crippen molar-refractivity contribution in [1.82, 2.24) is 29.5 Å². The Kier molecular flexibility index (Phi) is 13.1. The van der Waals surface area contributed by atoms with Crippen molar-refractivity contribution in [3.05, 3.63) is 98.5 Å². The second-order valence-electron chi connectivity index (χ2n) is 11.8. The maximum Gasteiger partial charge on any atom is 0.132 e. The Morgan fingerprint density at radius 1 is 0.694 bits per heavy atom. The summed E-state index contributed by atoms with van der Waals surface area (Å²) in [6, 6.07) is 19.7. The summed E-state index contributed by atoms with van der Waals surface area (Å²) < 4.78 is 14.0. The summed E-state index contributed by atoms with van der Waals surface area (Å²) >= 11 is 18.2. The molecule has 0 aliphatic carbocycles. The highest BCUT2D eigenvalue weighted by Gasteiger charge is 2.17. The SMILES string of the molecule is COc1ccc(CN)cc1.COc1ccc(CNc2cc(Cl)nc3c(C)nn(C(C)C)c23)cc1.Cc1nn(C(C)C)c2c(Cl)cc(Cl)nc12. The summed E-state index contributed by atoms with van der Waals surface area (Å²) in [5.74, 6) is 1.72. The van der Waals surface area contributed by atoms with Crippen molar-refractivity contribution >= 4 is 62.6 Å². The number of rotatable bonds is 8. The molecule has 0 radical (unpaired) electrons. The van der Waals surface area contributed by atoms with Crippen LogP contribution in [0.3, 0.4) is 0 Å². The number of benzene rings is 2. The van der Waals surface area contributed by atoms with E-state index in [0.29, 0.717) is 28.4 Å². The zero-order valence-corrected chi connectivity index (χ0v) is 31.3. The summed E-state index contributed by atoms with van der Waals surface area (Å²) in [7, 11) is 3.32. The number of nitrogens with one attached hydrogen (secondary N) is 1. The summed E-state index contributed by atoms with van der Waals surface area (Å²) in [5, 5.41) is 13.9. The van der Waals surface area contributed by atoms with Crippen LogP contribution in [0.4, 0.5) is 5.69 Å². The van der Waals surface area contributed by atoms with E-state index in [1.807, 2.05) is 77.8 Å². The Bertz CT molecular complexity index is 1970.